The highest BCUT2D eigenvalue weighted by molar-refractivity contribution is 8.13. The maximum absolute atomic E-state index is 10.8. The molecule has 1 heterocycles. The molecule has 2 rings (SSSR count). The summed E-state index contributed by atoms with van der Waals surface area (Å²) in [5.41, 5.74) is 1.27. The molecule has 0 N–H and O–H groups in total. The summed E-state index contributed by atoms with van der Waals surface area (Å²) in [5, 5.41) is 4.63. The molecule has 0 amide bonds. The number of aryl methyl sites for hydroxylation is 1. The summed E-state index contributed by atoms with van der Waals surface area (Å²) in [6.45, 7) is 0. The van der Waals surface area contributed by atoms with Gasteiger partial charge in [-0.2, -0.15) is 0 Å². The lowest BCUT2D eigenvalue weighted by molar-refractivity contribution is 0.447. The Balaban J connectivity index is 2.29. The van der Waals surface area contributed by atoms with E-state index in [2.05, 4.69) is 5.16 Å². The third-order valence-electron chi connectivity index (χ3n) is 2.03. The van der Waals surface area contributed by atoms with E-state index >= 15 is 0 Å². The molecule has 0 unspecified atom stereocenters. The highest BCUT2D eigenvalue weighted by Crippen LogP contribution is 2.18. The summed E-state index contributed by atoms with van der Waals surface area (Å²) in [5.74, 6) is -0.134. The third kappa shape index (κ3) is 2.49. The van der Waals surface area contributed by atoms with Crippen LogP contribution in [0.1, 0.15) is 5.69 Å². The zero-order chi connectivity index (χ0) is 10.9. The summed E-state index contributed by atoms with van der Waals surface area (Å²) < 4.78 is 26.6. The zero-order valence-corrected chi connectivity index (χ0v) is 9.25. The molecule has 0 spiro atoms. The predicted molar refractivity (Wildman–Crippen MR) is 57.4 cm³/mol. The number of fused-ring (bicyclic) bond motifs is 1. The quantitative estimate of drug-likeness (QED) is 0.776. The number of para-hydroxylation sites is 1. The molecule has 15 heavy (non-hydrogen) atoms. The molecule has 1 aromatic carbocycles. The minimum Gasteiger partial charge on any atom is -0.356 e. The monoisotopic (exact) mass is 245 g/mol. The van der Waals surface area contributed by atoms with E-state index in [4.69, 9.17) is 15.2 Å². The standard InChI is InChI=1S/C9H8ClNO3S/c10-15(12,13)6-5-8-7-3-1-2-4-9(7)14-11-8/h1-4H,5-6H2. The van der Waals surface area contributed by atoms with Gasteiger partial charge in [-0.05, 0) is 12.1 Å². The Bertz CT molecular complexity index is 576. The molecule has 0 bridgehead atoms. The lowest BCUT2D eigenvalue weighted by Crippen LogP contribution is -2.01. The van der Waals surface area contributed by atoms with Crippen molar-refractivity contribution in [2.75, 3.05) is 5.75 Å². The van der Waals surface area contributed by atoms with Gasteiger partial charge in [-0.25, -0.2) is 8.42 Å². The maximum Gasteiger partial charge on any atom is 0.232 e. The second-order valence-corrected chi connectivity index (χ2v) is 6.01. The van der Waals surface area contributed by atoms with Crippen LogP contribution in [-0.2, 0) is 15.5 Å². The first-order chi connectivity index (χ1) is 7.06. The zero-order valence-electron chi connectivity index (χ0n) is 7.68. The average molecular weight is 246 g/mol. The first-order valence-electron chi connectivity index (χ1n) is 4.32. The fourth-order valence-corrected chi connectivity index (χ4v) is 2.01. The van der Waals surface area contributed by atoms with Gasteiger partial charge in [0, 0.05) is 22.5 Å². The Labute approximate surface area is 91.2 Å². The molecule has 0 aliphatic heterocycles. The van der Waals surface area contributed by atoms with E-state index in [0.717, 1.165) is 5.39 Å². The SMILES string of the molecule is O=S(=O)(Cl)CCc1noc2ccccc12. The van der Waals surface area contributed by atoms with Crippen LogP contribution < -0.4 is 0 Å². The van der Waals surface area contributed by atoms with Crippen LogP contribution in [0.4, 0.5) is 0 Å². The molecule has 0 fully saturated rings. The summed E-state index contributed by atoms with van der Waals surface area (Å²) in [7, 11) is 1.64. The molecule has 0 aliphatic rings. The van der Waals surface area contributed by atoms with Crippen LogP contribution in [-0.4, -0.2) is 19.3 Å². The van der Waals surface area contributed by atoms with E-state index in [-0.39, 0.29) is 12.2 Å². The van der Waals surface area contributed by atoms with Crippen LogP contribution in [0.15, 0.2) is 28.8 Å². The topological polar surface area (TPSA) is 60.2 Å². The van der Waals surface area contributed by atoms with Gasteiger partial charge in [-0.1, -0.05) is 17.3 Å². The second kappa shape index (κ2) is 3.83. The molecule has 0 atom stereocenters. The van der Waals surface area contributed by atoms with Gasteiger partial charge < -0.3 is 4.52 Å². The van der Waals surface area contributed by atoms with Crippen molar-refractivity contribution in [2.45, 2.75) is 6.42 Å². The van der Waals surface area contributed by atoms with Crippen molar-refractivity contribution in [3.8, 4) is 0 Å². The minimum atomic E-state index is -3.48. The van der Waals surface area contributed by atoms with E-state index in [1.165, 1.54) is 0 Å². The normalized spacial score (nSPS) is 12.1. The maximum atomic E-state index is 10.8. The van der Waals surface area contributed by atoms with Crippen molar-refractivity contribution in [1.29, 1.82) is 0 Å². The van der Waals surface area contributed by atoms with Crippen molar-refractivity contribution >= 4 is 30.7 Å². The van der Waals surface area contributed by atoms with Gasteiger partial charge in [0.15, 0.2) is 5.58 Å². The molecule has 2 aromatic rings. The highest BCUT2D eigenvalue weighted by atomic mass is 35.7. The molecular weight excluding hydrogens is 238 g/mol. The Kier molecular flexibility index (Phi) is 2.67. The Morgan fingerprint density at radius 2 is 2.07 bits per heavy atom. The lowest BCUT2D eigenvalue weighted by atomic mass is 10.2. The molecule has 6 heteroatoms. The Morgan fingerprint density at radius 3 is 2.80 bits per heavy atom. The number of aromatic nitrogens is 1. The fourth-order valence-electron chi connectivity index (χ4n) is 1.34. The van der Waals surface area contributed by atoms with Gasteiger partial charge in [-0.15, -0.1) is 0 Å². The van der Waals surface area contributed by atoms with Crippen LogP contribution >= 0.6 is 10.7 Å². The van der Waals surface area contributed by atoms with Crippen LogP contribution in [0.3, 0.4) is 0 Å². The second-order valence-electron chi connectivity index (χ2n) is 3.12. The van der Waals surface area contributed by atoms with E-state index in [9.17, 15) is 8.42 Å². The number of halogens is 1. The highest BCUT2D eigenvalue weighted by Gasteiger charge is 2.11. The van der Waals surface area contributed by atoms with Gasteiger partial charge in [-0.3, -0.25) is 0 Å². The van der Waals surface area contributed by atoms with E-state index in [1.54, 1.807) is 6.07 Å². The molecule has 80 valence electrons. The first-order valence-corrected chi connectivity index (χ1v) is 6.80. The van der Waals surface area contributed by atoms with Gasteiger partial charge in [0.25, 0.3) is 0 Å². The Hall–Kier alpha value is -1.07. The summed E-state index contributed by atoms with van der Waals surface area (Å²) in [4.78, 5) is 0. The van der Waals surface area contributed by atoms with Gasteiger partial charge in [0.2, 0.25) is 9.05 Å². The summed E-state index contributed by atoms with van der Waals surface area (Å²) in [6, 6.07) is 7.29. The summed E-state index contributed by atoms with van der Waals surface area (Å²) >= 11 is 0. The molecule has 0 saturated heterocycles. The molecule has 0 radical (unpaired) electrons. The van der Waals surface area contributed by atoms with Crippen molar-refractivity contribution < 1.29 is 12.9 Å². The van der Waals surface area contributed by atoms with E-state index < -0.39 is 9.05 Å². The summed E-state index contributed by atoms with van der Waals surface area (Å²) in [6.07, 6.45) is 0.267. The van der Waals surface area contributed by atoms with Crippen molar-refractivity contribution in [3.63, 3.8) is 0 Å². The van der Waals surface area contributed by atoms with Gasteiger partial charge in [0.05, 0.1) is 11.4 Å². The molecule has 0 saturated carbocycles. The van der Waals surface area contributed by atoms with Crippen molar-refractivity contribution in [2.24, 2.45) is 0 Å². The Morgan fingerprint density at radius 1 is 1.33 bits per heavy atom. The number of rotatable bonds is 3. The number of nitrogens with zero attached hydrogens (tertiary/aromatic N) is 1. The molecule has 4 nitrogen and oxygen atoms in total. The van der Waals surface area contributed by atoms with Crippen molar-refractivity contribution in [1.82, 2.24) is 5.16 Å². The van der Waals surface area contributed by atoms with Gasteiger partial charge in [0.1, 0.15) is 0 Å². The van der Waals surface area contributed by atoms with Crippen LogP contribution in [0, 0.1) is 0 Å². The first kappa shape index (κ1) is 10.4. The van der Waals surface area contributed by atoms with E-state index in [0.29, 0.717) is 11.3 Å². The van der Waals surface area contributed by atoms with Crippen LogP contribution in [0.5, 0.6) is 0 Å². The third-order valence-corrected chi connectivity index (χ3v) is 3.19. The van der Waals surface area contributed by atoms with E-state index in [1.807, 2.05) is 18.2 Å². The molecule has 1 aromatic heterocycles. The average Bonchev–Trinajstić information content (AvgIpc) is 2.57. The number of benzene rings is 1. The van der Waals surface area contributed by atoms with Gasteiger partial charge >= 0.3 is 0 Å². The minimum absolute atomic E-state index is 0.134. The fraction of sp³-hybridized carbons (Fsp3) is 0.222. The lowest BCUT2D eigenvalue weighted by Gasteiger charge is -1.93. The number of hydrogen-bond acceptors (Lipinski definition) is 4. The smallest absolute Gasteiger partial charge is 0.232 e. The van der Waals surface area contributed by atoms with Crippen LogP contribution in [0.2, 0.25) is 0 Å². The van der Waals surface area contributed by atoms with Crippen molar-refractivity contribution in [3.05, 3.63) is 30.0 Å². The predicted octanol–water partition coefficient (Wildman–Crippen LogP) is 1.94. The number of hydrogen-bond donors (Lipinski definition) is 0. The molecular formula is C9H8ClNO3S. The molecule has 0 aliphatic carbocycles. The largest absolute Gasteiger partial charge is 0.356 e. The van der Waals surface area contributed by atoms with Crippen LogP contribution in [0.25, 0.3) is 11.0 Å².